The molecule has 26 heavy (non-hydrogen) atoms. The molecule has 0 aromatic carbocycles. The van der Waals surface area contributed by atoms with Crippen LogP contribution in [0.3, 0.4) is 0 Å². The van der Waals surface area contributed by atoms with Crippen molar-refractivity contribution in [1.82, 2.24) is 15.1 Å². The van der Waals surface area contributed by atoms with Gasteiger partial charge >= 0.3 is 5.97 Å². The maximum atomic E-state index is 11.7. The summed E-state index contributed by atoms with van der Waals surface area (Å²) in [7, 11) is 1.48. The fourth-order valence-electron chi connectivity index (χ4n) is 4.02. The van der Waals surface area contributed by atoms with Crippen LogP contribution >= 0.6 is 0 Å². The second-order valence-electron chi connectivity index (χ2n) is 7.61. The highest BCUT2D eigenvalue weighted by molar-refractivity contribution is 5.80. The zero-order chi connectivity index (χ0) is 18.8. The minimum absolute atomic E-state index is 0.0469. The largest absolute Gasteiger partial charge is 0.469 e. The fourth-order valence-corrected chi connectivity index (χ4v) is 4.02. The Bertz CT molecular complexity index is 447. The van der Waals surface area contributed by atoms with Crippen LogP contribution in [0.2, 0.25) is 0 Å². The van der Waals surface area contributed by atoms with Gasteiger partial charge < -0.3 is 19.9 Å². The Hall–Kier alpha value is -1.30. The van der Waals surface area contributed by atoms with Crippen molar-refractivity contribution in [2.75, 3.05) is 46.4 Å². The lowest BCUT2D eigenvalue weighted by molar-refractivity contribution is -0.146. The van der Waals surface area contributed by atoms with E-state index in [-0.39, 0.29) is 11.9 Å². The molecule has 2 saturated heterocycles. The first-order valence-corrected chi connectivity index (χ1v) is 10.5. The van der Waals surface area contributed by atoms with Crippen molar-refractivity contribution in [2.24, 2.45) is 10.9 Å². The van der Waals surface area contributed by atoms with E-state index in [2.05, 4.69) is 29.0 Å². The highest BCUT2D eigenvalue weighted by Gasteiger charge is 2.26. The summed E-state index contributed by atoms with van der Waals surface area (Å²) in [6.45, 7) is 10.4. The molecule has 0 aromatic heterocycles. The molecule has 0 amide bonds. The van der Waals surface area contributed by atoms with Crippen molar-refractivity contribution in [2.45, 2.75) is 64.8 Å². The van der Waals surface area contributed by atoms with Gasteiger partial charge in [0.05, 0.1) is 13.0 Å². The number of methoxy groups -OCH3 is 1. The Morgan fingerprint density at radius 1 is 1.15 bits per heavy atom. The Kier molecular flexibility index (Phi) is 9.23. The van der Waals surface area contributed by atoms with Crippen molar-refractivity contribution in [3.63, 3.8) is 0 Å². The molecule has 0 aromatic rings. The summed E-state index contributed by atoms with van der Waals surface area (Å²) in [6.07, 6.45) is 8.15. The number of carbonyl (C=O) groups excluding carboxylic acids is 1. The minimum atomic E-state index is -0.0708. The van der Waals surface area contributed by atoms with Gasteiger partial charge in [-0.3, -0.25) is 9.79 Å². The maximum absolute atomic E-state index is 11.7. The van der Waals surface area contributed by atoms with Crippen LogP contribution in [-0.2, 0) is 9.53 Å². The number of nitrogens with one attached hydrogen (secondary N) is 1. The topological polar surface area (TPSA) is 57.2 Å². The van der Waals surface area contributed by atoms with Gasteiger partial charge in [-0.1, -0.05) is 6.42 Å². The van der Waals surface area contributed by atoms with Crippen molar-refractivity contribution < 1.29 is 9.53 Å². The first-order chi connectivity index (χ1) is 12.7. The number of nitrogens with zero attached hydrogens (tertiary/aromatic N) is 3. The lowest BCUT2D eigenvalue weighted by Crippen LogP contribution is -2.46. The molecule has 150 valence electrons. The van der Waals surface area contributed by atoms with Crippen molar-refractivity contribution in [3.05, 3.63) is 0 Å². The van der Waals surface area contributed by atoms with E-state index < -0.39 is 0 Å². The molecule has 2 aliphatic heterocycles. The van der Waals surface area contributed by atoms with Gasteiger partial charge in [-0.2, -0.15) is 0 Å². The van der Waals surface area contributed by atoms with Gasteiger partial charge in [0.15, 0.2) is 5.96 Å². The Morgan fingerprint density at radius 3 is 2.58 bits per heavy atom. The fraction of sp³-hybridized carbons (Fsp3) is 0.900. The van der Waals surface area contributed by atoms with E-state index in [4.69, 9.17) is 9.73 Å². The van der Waals surface area contributed by atoms with E-state index in [1.165, 1.54) is 45.9 Å². The average Bonchev–Trinajstić information content (AvgIpc) is 2.67. The molecule has 1 unspecified atom stereocenters. The van der Waals surface area contributed by atoms with Gasteiger partial charge in [0.1, 0.15) is 0 Å². The third-order valence-electron chi connectivity index (χ3n) is 5.72. The van der Waals surface area contributed by atoms with Crippen LogP contribution in [-0.4, -0.2) is 74.1 Å². The number of unbranched alkanes of at least 4 members (excludes halogenated alkanes) is 1. The van der Waals surface area contributed by atoms with E-state index in [9.17, 15) is 4.79 Å². The number of ether oxygens (including phenoxy) is 1. The number of hydrogen-bond acceptors (Lipinski definition) is 4. The lowest BCUT2D eigenvalue weighted by atomic mass is 9.97. The van der Waals surface area contributed by atoms with Gasteiger partial charge in [0.2, 0.25) is 0 Å². The number of esters is 1. The van der Waals surface area contributed by atoms with Gasteiger partial charge in [-0.05, 0) is 65.5 Å². The van der Waals surface area contributed by atoms with Gasteiger partial charge in [-0.25, -0.2) is 0 Å². The Balaban J connectivity index is 1.71. The third kappa shape index (κ3) is 6.45. The number of piperidine rings is 2. The molecule has 1 N–H and O–H groups in total. The van der Waals surface area contributed by atoms with Crippen LogP contribution in [0.1, 0.15) is 58.8 Å². The van der Waals surface area contributed by atoms with Crippen LogP contribution < -0.4 is 5.32 Å². The molecule has 2 rings (SSSR count). The first-order valence-electron chi connectivity index (χ1n) is 10.5. The minimum Gasteiger partial charge on any atom is -0.469 e. The molecule has 0 bridgehead atoms. The van der Waals surface area contributed by atoms with Crippen LogP contribution in [0, 0.1) is 5.92 Å². The van der Waals surface area contributed by atoms with Crippen LogP contribution in [0.25, 0.3) is 0 Å². The molecular weight excluding hydrogens is 328 g/mol. The van der Waals surface area contributed by atoms with Crippen LogP contribution in [0.4, 0.5) is 0 Å². The standard InChI is InChI=1S/C20H38N4O2/c1-4-21-20(24-15-10-18(11-16-24)19(25)26-3)22-12-6-8-14-23-13-7-5-9-17(23)2/h17-18H,4-16H2,1-3H3,(H,21,22). The molecule has 0 saturated carbocycles. The lowest BCUT2D eigenvalue weighted by Gasteiger charge is -2.33. The quantitative estimate of drug-likeness (QED) is 0.325. The Morgan fingerprint density at radius 2 is 1.92 bits per heavy atom. The van der Waals surface area contributed by atoms with Gasteiger partial charge in [0, 0.05) is 32.2 Å². The second kappa shape index (κ2) is 11.4. The summed E-state index contributed by atoms with van der Waals surface area (Å²) in [5.41, 5.74) is 0. The van der Waals surface area contributed by atoms with Crippen molar-refractivity contribution >= 4 is 11.9 Å². The third-order valence-corrected chi connectivity index (χ3v) is 5.72. The summed E-state index contributed by atoms with van der Waals surface area (Å²) >= 11 is 0. The highest BCUT2D eigenvalue weighted by atomic mass is 16.5. The number of rotatable bonds is 7. The summed E-state index contributed by atoms with van der Waals surface area (Å²) < 4.78 is 4.87. The predicted molar refractivity (Wildman–Crippen MR) is 106 cm³/mol. The maximum Gasteiger partial charge on any atom is 0.308 e. The average molecular weight is 367 g/mol. The smallest absolute Gasteiger partial charge is 0.308 e. The van der Waals surface area contributed by atoms with Gasteiger partial charge in [0.25, 0.3) is 0 Å². The molecule has 2 aliphatic rings. The zero-order valence-corrected chi connectivity index (χ0v) is 17.0. The number of likely N-dealkylation sites (tertiary alicyclic amines) is 2. The molecule has 6 heteroatoms. The first kappa shape index (κ1) is 21.0. The van der Waals surface area contributed by atoms with E-state index in [1.807, 2.05) is 0 Å². The molecule has 0 aliphatic carbocycles. The summed E-state index contributed by atoms with van der Waals surface area (Å²) in [6, 6.07) is 0.751. The van der Waals surface area contributed by atoms with Crippen molar-refractivity contribution in [1.29, 1.82) is 0 Å². The molecule has 2 heterocycles. The summed E-state index contributed by atoms with van der Waals surface area (Å²) in [5.74, 6) is 0.978. The predicted octanol–water partition coefficient (Wildman–Crippen LogP) is 2.49. The number of hydrogen-bond donors (Lipinski definition) is 1. The molecule has 0 radical (unpaired) electrons. The number of carbonyl (C=O) groups is 1. The monoisotopic (exact) mass is 366 g/mol. The Labute approximate surface area is 159 Å². The van der Waals surface area contributed by atoms with Gasteiger partial charge in [-0.15, -0.1) is 0 Å². The molecule has 1 atom stereocenters. The van der Waals surface area contributed by atoms with E-state index >= 15 is 0 Å². The zero-order valence-electron chi connectivity index (χ0n) is 17.0. The van der Waals surface area contributed by atoms with Crippen LogP contribution in [0.15, 0.2) is 4.99 Å². The molecule has 0 spiro atoms. The summed E-state index contributed by atoms with van der Waals surface area (Å²) in [4.78, 5) is 21.4. The number of aliphatic imine (C=N–C) groups is 1. The second-order valence-corrected chi connectivity index (χ2v) is 7.61. The normalized spacial score (nSPS) is 23.1. The number of guanidine groups is 1. The van der Waals surface area contributed by atoms with Crippen LogP contribution in [0.5, 0.6) is 0 Å². The van der Waals surface area contributed by atoms with Crippen molar-refractivity contribution in [3.8, 4) is 0 Å². The van der Waals surface area contributed by atoms with E-state index in [1.54, 1.807) is 0 Å². The highest BCUT2D eigenvalue weighted by Crippen LogP contribution is 2.19. The van der Waals surface area contributed by atoms with E-state index in [0.29, 0.717) is 0 Å². The molecule has 2 fully saturated rings. The SMILES string of the molecule is CCNC(=NCCCCN1CCCCC1C)N1CCC(C(=O)OC)CC1. The summed E-state index contributed by atoms with van der Waals surface area (Å²) in [5, 5.41) is 3.41. The molecule has 6 nitrogen and oxygen atoms in total. The van der Waals surface area contributed by atoms with E-state index in [0.717, 1.165) is 57.4 Å². The molecular formula is C20H38N4O2.